The van der Waals surface area contributed by atoms with Crippen molar-refractivity contribution >= 4 is 5.91 Å². The first-order chi connectivity index (χ1) is 11.3. The summed E-state index contributed by atoms with van der Waals surface area (Å²) in [6.45, 7) is 2.93. The van der Waals surface area contributed by atoms with E-state index in [0.717, 1.165) is 13.1 Å². The molecule has 0 unspecified atom stereocenters. The molecule has 2 atom stereocenters. The number of benzene rings is 1. The summed E-state index contributed by atoms with van der Waals surface area (Å²) in [5, 5.41) is 0. The van der Waals surface area contributed by atoms with E-state index in [1.54, 1.807) is 0 Å². The first-order valence-corrected chi connectivity index (χ1v) is 9.00. The van der Waals surface area contributed by atoms with Crippen LogP contribution in [0, 0.1) is 0 Å². The van der Waals surface area contributed by atoms with Gasteiger partial charge in [-0.3, -0.25) is 9.69 Å². The maximum Gasteiger partial charge on any atom is 0.249 e. The molecule has 23 heavy (non-hydrogen) atoms. The van der Waals surface area contributed by atoms with Crippen LogP contribution in [-0.4, -0.2) is 53.6 Å². The summed E-state index contributed by atoms with van der Waals surface area (Å²) in [4.78, 5) is 17.1. The maximum atomic E-state index is 12.4. The van der Waals surface area contributed by atoms with Gasteiger partial charge in [-0.1, -0.05) is 49.6 Å². The first kappa shape index (κ1) is 15.2. The third-order valence-corrected chi connectivity index (χ3v) is 5.69. The molecule has 1 amide bonds. The molecule has 4 rings (SSSR count). The van der Waals surface area contributed by atoms with Crippen LogP contribution in [0.3, 0.4) is 0 Å². The standard InChI is InChI=1S/C19H26N2O2/c22-19-14-23-18-13-20(16-9-5-2-6-10-16)12-17(18)21(19)11-15-7-3-1-4-8-15/h1,3-4,7-8,16-18H,2,5-6,9-14H2/t17-,18+/m1/s1. The number of hydrogen-bond donors (Lipinski definition) is 0. The van der Waals surface area contributed by atoms with Crippen LogP contribution < -0.4 is 0 Å². The molecule has 2 saturated heterocycles. The molecule has 0 spiro atoms. The Labute approximate surface area is 138 Å². The molecule has 3 fully saturated rings. The Bertz CT molecular complexity index is 542. The Morgan fingerprint density at radius 1 is 1.04 bits per heavy atom. The quantitative estimate of drug-likeness (QED) is 0.859. The van der Waals surface area contributed by atoms with Crippen LogP contribution in [0.25, 0.3) is 0 Å². The molecule has 2 aliphatic heterocycles. The summed E-state index contributed by atoms with van der Waals surface area (Å²) in [5.74, 6) is 0.139. The lowest BCUT2D eigenvalue weighted by atomic mass is 9.94. The fourth-order valence-corrected chi connectivity index (χ4v) is 4.42. The first-order valence-electron chi connectivity index (χ1n) is 9.00. The Morgan fingerprint density at radius 2 is 1.83 bits per heavy atom. The van der Waals surface area contributed by atoms with Crippen molar-refractivity contribution in [1.82, 2.24) is 9.80 Å². The van der Waals surface area contributed by atoms with Crippen LogP contribution in [0.5, 0.6) is 0 Å². The third kappa shape index (κ3) is 3.15. The van der Waals surface area contributed by atoms with E-state index >= 15 is 0 Å². The molecule has 2 heterocycles. The molecular formula is C19H26N2O2. The van der Waals surface area contributed by atoms with E-state index in [9.17, 15) is 4.79 Å². The van der Waals surface area contributed by atoms with Gasteiger partial charge in [-0.25, -0.2) is 0 Å². The minimum absolute atomic E-state index is 0.139. The van der Waals surface area contributed by atoms with E-state index in [-0.39, 0.29) is 24.7 Å². The second kappa shape index (κ2) is 6.62. The topological polar surface area (TPSA) is 32.8 Å². The highest BCUT2D eigenvalue weighted by Gasteiger charge is 2.44. The molecule has 0 radical (unpaired) electrons. The van der Waals surface area contributed by atoms with Crippen molar-refractivity contribution in [2.75, 3.05) is 19.7 Å². The number of fused-ring (bicyclic) bond motifs is 1. The van der Waals surface area contributed by atoms with Gasteiger partial charge in [0.1, 0.15) is 6.61 Å². The Hall–Kier alpha value is -1.39. The highest BCUT2D eigenvalue weighted by molar-refractivity contribution is 5.78. The molecule has 1 saturated carbocycles. The summed E-state index contributed by atoms with van der Waals surface area (Å²) < 4.78 is 5.87. The van der Waals surface area contributed by atoms with Gasteiger partial charge in [-0.15, -0.1) is 0 Å². The van der Waals surface area contributed by atoms with Gasteiger partial charge in [-0.2, -0.15) is 0 Å². The average molecular weight is 314 g/mol. The molecule has 0 aromatic heterocycles. The van der Waals surface area contributed by atoms with Gasteiger partial charge in [-0.05, 0) is 18.4 Å². The Balaban J connectivity index is 1.47. The molecule has 1 aromatic rings. The highest BCUT2D eigenvalue weighted by Crippen LogP contribution is 2.31. The van der Waals surface area contributed by atoms with Crippen LogP contribution in [0.1, 0.15) is 37.7 Å². The number of carbonyl (C=O) groups is 1. The molecule has 1 aromatic carbocycles. The third-order valence-electron chi connectivity index (χ3n) is 5.69. The van der Waals surface area contributed by atoms with Crippen molar-refractivity contribution in [2.45, 2.75) is 56.8 Å². The predicted molar refractivity (Wildman–Crippen MR) is 89.0 cm³/mol. The maximum absolute atomic E-state index is 12.4. The zero-order chi connectivity index (χ0) is 15.6. The summed E-state index contributed by atoms with van der Waals surface area (Å²) in [7, 11) is 0. The van der Waals surface area contributed by atoms with Crippen molar-refractivity contribution in [3.8, 4) is 0 Å². The van der Waals surface area contributed by atoms with Crippen LogP contribution in [0.15, 0.2) is 30.3 Å². The number of amides is 1. The normalized spacial score (nSPS) is 29.7. The Kier molecular flexibility index (Phi) is 4.36. The van der Waals surface area contributed by atoms with Crippen molar-refractivity contribution in [1.29, 1.82) is 0 Å². The van der Waals surface area contributed by atoms with Crippen LogP contribution >= 0.6 is 0 Å². The van der Waals surface area contributed by atoms with Crippen LogP contribution in [-0.2, 0) is 16.1 Å². The van der Waals surface area contributed by atoms with Gasteiger partial charge in [0, 0.05) is 25.7 Å². The molecule has 0 bridgehead atoms. The molecule has 124 valence electrons. The van der Waals surface area contributed by atoms with E-state index in [0.29, 0.717) is 12.6 Å². The number of rotatable bonds is 3. The van der Waals surface area contributed by atoms with Crippen molar-refractivity contribution in [2.24, 2.45) is 0 Å². The predicted octanol–water partition coefficient (Wildman–Crippen LogP) is 2.43. The van der Waals surface area contributed by atoms with Gasteiger partial charge in [0.15, 0.2) is 0 Å². The largest absolute Gasteiger partial charge is 0.365 e. The smallest absolute Gasteiger partial charge is 0.249 e. The van der Waals surface area contributed by atoms with Crippen LogP contribution in [0.4, 0.5) is 0 Å². The number of morpholine rings is 1. The summed E-state index contributed by atoms with van der Waals surface area (Å²) >= 11 is 0. The molecule has 4 heteroatoms. The van der Waals surface area contributed by atoms with Crippen molar-refractivity contribution < 1.29 is 9.53 Å². The van der Waals surface area contributed by atoms with E-state index in [4.69, 9.17) is 4.74 Å². The number of likely N-dealkylation sites (tertiary alicyclic amines) is 1. The SMILES string of the molecule is O=C1CO[C@H]2CN(C3CCCCC3)C[C@H]2N1Cc1ccccc1. The lowest BCUT2D eigenvalue weighted by Gasteiger charge is -2.37. The minimum Gasteiger partial charge on any atom is -0.365 e. The minimum atomic E-state index is 0.139. The lowest BCUT2D eigenvalue weighted by molar-refractivity contribution is -0.153. The second-order valence-electron chi connectivity index (χ2n) is 7.17. The zero-order valence-corrected chi connectivity index (χ0v) is 13.7. The summed E-state index contributed by atoms with van der Waals surface area (Å²) in [6, 6.07) is 11.2. The lowest BCUT2D eigenvalue weighted by Crippen LogP contribution is -2.53. The van der Waals surface area contributed by atoms with Crippen molar-refractivity contribution in [3.05, 3.63) is 35.9 Å². The Morgan fingerprint density at radius 3 is 2.61 bits per heavy atom. The van der Waals surface area contributed by atoms with Gasteiger partial charge in [0.05, 0.1) is 12.1 Å². The second-order valence-corrected chi connectivity index (χ2v) is 7.17. The molecule has 0 N–H and O–H groups in total. The highest BCUT2D eigenvalue weighted by atomic mass is 16.5. The zero-order valence-electron chi connectivity index (χ0n) is 13.7. The van der Waals surface area contributed by atoms with Gasteiger partial charge < -0.3 is 9.64 Å². The van der Waals surface area contributed by atoms with Crippen molar-refractivity contribution in [3.63, 3.8) is 0 Å². The molecule has 4 nitrogen and oxygen atoms in total. The molecule has 1 aliphatic carbocycles. The van der Waals surface area contributed by atoms with E-state index in [1.807, 2.05) is 18.2 Å². The molecular weight excluding hydrogens is 288 g/mol. The van der Waals surface area contributed by atoms with Crippen LogP contribution in [0.2, 0.25) is 0 Å². The van der Waals surface area contributed by atoms with E-state index in [1.165, 1.54) is 37.7 Å². The average Bonchev–Trinajstić information content (AvgIpc) is 3.04. The number of ether oxygens (including phenoxy) is 1. The summed E-state index contributed by atoms with van der Waals surface area (Å²) in [6.07, 6.45) is 6.90. The number of carbonyl (C=O) groups excluding carboxylic acids is 1. The van der Waals surface area contributed by atoms with Gasteiger partial charge >= 0.3 is 0 Å². The van der Waals surface area contributed by atoms with E-state index in [2.05, 4.69) is 21.9 Å². The van der Waals surface area contributed by atoms with E-state index < -0.39 is 0 Å². The summed E-state index contributed by atoms with van der Waals surface area (Å²) in [5.41, 5.74) is 1.21. The fraction of sp³-hybridized carbons (Fsp3) is 0.632. The number of nitrogens with zero attached hydrogens (tertiary/aromatic N) is 2. The molecule has 3 aliphatic rings. The van der Waals surface area contributed by atoms with Gasteiger partial charge in [0.2, 0.25) is 5.91 Å². The number of hydrogen-bond acceptors (Lipinski definition) is 3. The van der Waals surface area contributed by atoms with Gasteiger partial charge in [0.25, 0.3) is 0 Å². The fourth-order valence-electron chi connectivity index (χ4n) is 4.42. The monoisotopic (exact) mass is 314 g/mol.